The number of rotatable bonds is 3. The predicted molar refractivity (Wildman–Crippen MR) is 112 cm³/mol. The zero-order valence-electron chi connectivity index (χ0n) is 17.1. The summed E-state index contributed by atoms with van der Waals surface area (Å²) in [4.78, 5) is 12.8. The zero-order valence-corrected chi connectivity index (χ0v) is 17.1. The Morgan fingerprint density at radius 2 is 1.90 bits per heavy atom. The van der Waals surface area contributed by atoms with Gasteiger partial charge in [0.05, 0.1) is 6.10 Å². The largest absolute Gasteiger partial charge is 0.507 e. The molecule has 29 heavy (non-hydrogen) atoms. The van der Waals surface area contributed by atoms with Gasteiger partial charge in [-0.1, -0.05) is 38.2 Å². The van der Waals surface area contributed by atoms with Gasteiger partial charge >= 0.3 is 5.97 Å². The van der Waals surface area contributed by atoms with Gasteiger partial charge in [-0.3, -0.25) is 0 Å². The summed E-state index contributed by atoms with van der Waals surface area (Å²) in [7, 11) is 0. The molecule has 1 aromatic carbocycles. The lowest BCUT2D eigenvalue weighted by Gasteiger charge is -2.22. The van der Waals surface area contributed by atoms with E-state index in [1.807, 2.05) is 6.92 Å². The Morgan fingerprint density at radius 3 is 2.59 bits per heavy atom. The topological polar surface area (TPSA) is 119 Å². The first-order valence-electron chi connectivity index (χ1n) is 9.95. The van der Waals surface area contributed by atoms with Crippen molar-refractivity contribution in [3.05, 3.63) is 41.5 Å². The van der Waals surface area contributed by atoms with Crippen LogP contribution < -0.4 is 5.32 Å². The highest BCUT2D eigenvalue weighted by Gasteiger charge is 2.25. The predicted octanol–water partition coefficient (Wildman–Crippen LogP) is 2.45. The van der Waals surface area contributed by atoms with Gasteiger partial charge in [0.2, 0.25) is 0 Å². The van der Waals surface area contributed by atoms with Crippen LogP contribution in [0.25, 0.3) is 6.08 Å². The van der Waals surface area contributed by atoms with Gasteiger partial charge in [0.25, 0.3) is 0 Å². The molecule has 1 aliphatic rings. The van der Waals surface area contributed by atoms with Crippen molar-refractivity contribution in [1.29, 1.82) is 0 Å². The number of anilines is 1. The normalized spacial score (nSPS) is 30.6. The highest BCUT2D eigenvalue weighted by Crippen LogP contribution is 2.30. The van der Waals surface area contributed by atoms with Gasteiger partial charge in [-0.25, -0.2) is 4.79 Å². The Hall–Kier alpha value is -2.35. The first kappa shape index (κ1) is 22.9. The fourth-order valence-electron chi connectivity index (χ4n) is 2.97. The van der Waals surface area contributed by atoms with Gasteiger partial charge in [0.15, 0.2) is 0 Å². The minimum atomic E-state index is -1.35. The number of esters is 1. The van der Waals surface area contributed by atoms with Gasteiger partial charge < -0.3 is 30.5 Å². The van der Waals surface area contributed by atoms with Crippen LogP contribution in [-0.4, -0.2) is 57.4 Å². The second kappa shape index (κ2) is 10.4. The number of nitrogens with one attached hydrogen (secondary N) is 1. The monoisotopic (exact) mass is 405 g/mol. The van der Waals surface area contributed by atoms with Crippen LogP contribution in [0, 0.1) is 5.92 Å². The van der Waals surface area contributed by atoms with Crippen molar-refractivity contribution in [1.82, 2.24) is 0 Å². The van der Waals surface area contributed by atoms with E-state index in [2.05, 4.69) is 5.32 Å². The minimum absolute atomic E-state index is 0.0402. The molecule has 1 aromatic rings. The summed E-state index contributed by atoms with van der Waals surface area (Å²) in [5, 5.41) is 44.0. The van der Waals surface area contributed by atoms with Gasteiger partial charge in [-0.2, -0.15) is 0 Å². The van der Waals surface area contributed by atoms with Crippen molar-refractivity contribution in [2.75, 3.05) is 11.9 Å². The minimum Gasteiger partial charge on any atom is -0.507 e. The van der Waals surface area contributed by atoms with E-state index in [1.165, 1.54) is 12.1 Å². The first-order chi connectivity index (χ1) is 13.7. The number of cyclic esters (lactones) is 1. The van der Waals surface area contributed by atoms with Crippen molar-refractivity contribution in [2.45, 2.75) is 58.0 Å². The van der Waals surface area contributed by atoms with E-state index in [1.54, 1.807) is 38.1 Å². The average Bonchev–Trinajstić information content (AvgIpc) is 2.68. The van der Waals surface area contributed by atoms with Crippen molar-refractivity contribution in [3.8, 4) is 5.75 Å². The van der Waals surface area contributed by atoms with Crippen molar-refractivity contribution < 1.29 is 30.0 Å². The van der Waals surface area contributed by atoms with E-state index < -0.39 is 30.4 Å². The summed E-state index contributed by atoms with van der Waals surface area (Å²) in [6, 6.07) is 3.20. The Kier molecular flexibility index (Phi) is 8.25. The second-order valence-corrected chi connectivity index (χ2v) is 7.43. The molecule has 2 rings (SSSR count). The number of ether oxygens (including phenoxy) is 1. The molecule has 0 saturated carbocycles. The third kappa shape index (κ3) is 6.06. The van der Waals surface area contributed by atoms with Crippen LogP contribution in [0.3, 0.4) is 0 Å². The number of hydrogen-bond donors (Lipinski definition) is 5. The lowest BCUT2D eigenvalue weighted by atomic mass is 9.98. The molecule has 0 amide bonds. The van der Waals surface area contributed by atoms with Crippen LogP contribution in [0.15, 0.2) is 30.4 Å². The molecular weight excluding hydrogens is 374 g/mol. The Labute approximate surface area is 171 Å². The maximum atomic E-state index is 12.8. The number of phenols is 1. The van der Waals surface area contributed by atoms with E-state index in [9.17, 15) is 25.2 Å². The van der Waals surface area contributed by atoms with E-state index in [4.69, 9.17) is 4.74 Å². The number of aromatic hydroxyl groups is 1. The van der Waals surface area contributed by atoms with E-state index in [0.717, 1.165) is 6.42 Å². The Bertz CT molecular complexity index is 760. The summed E-state index contributed by atoms with van der Waals surface area (Å²) >= 11 is 0. The molecule has 1 heterocycles. The van der Waals surface area contributed by atoms with Gasteiger partial charge in [0.1, 0.15) is 29.6 Å². The second-order valence-electron chi connectivity index (χ2n) is 7.43. The summed E-state index contributed by atoms with van der Waals surface area (Å²) < 4.78 is 5.52. The molecule has 4 unspecified atom stereocenters. The maximum Gasteiger partial charge on any atom is 0.342 e. The summed E-state index contributed by atoms with van der Waals surface area (Å²) in [5.41, 5.74) is 1.13. The van der Waals surface area contributed by atoms with Crippen LogP contribution in [-0.2, 0) is 4.74 Å². The molecule has 0 fully saturated rings. The van der Waals surface area contributed by atoms with Crippen LogP contribution >= 0.6 is 0 Å². The number of hydrogen-bond acceptors (Lipinski definition) is 7. The third-order valence-corrected chi connectivity index (χ3v) is 5.00. The molecule has 0 spiro atoms. The fourth-order valence-corrected chi connectivity index (χ4v) is 2.97. The summed E-state index contributed by atoms with van der Waals surface area (Å²) in [5.74, 6) is -1.11. The molecule has 5 N–H and O–H groups in total. The van der Waals surface area contributed by atoms with Crippen molar-refractivity contribution in [3.63, 3.8) is 0 Å². The van der Waals surface area contributed by atoms with Crippen molar-refractivity contribution >= 4 is 17.7 Å². The number of benzene rings is 1. The molecule has 0 aromatic heterocycles. The fraction of sp³-hybridized carbons (Fsp3) is 0.500. The van der Waals surface area contributed by atoms with Gasteiger partial charge in [-0.05, 0) is 31.4 Å². The zero-order chi connectivity index (χ0) is 21.6. The van der Waals surface area contributed by atoms with Crippen LogP contribution in [0.2, 0.25) is 0 Å². The molecular formula is C22H31NO6. The molecule has 0 radical (unpaired) electrons. The molecule has 0 aliphatic carbocycles. The molecule has 0 saturated heterocycles. The van der Waals surface area contributed by atoms with E-state index >= 15 is 0 Å². The van der Waals surface area contributed by atoms with Gasteiger partial charge in [-0.15, -0.1) is 0 Å². The molecule has 160 valence electrons. The number of phenolic OH excluding ortho intramolecular Hbond substituents is 1. The highest BCUT2D eigenvalue weighted by atomic mass is 16.5. The Morgan fingerprint density at radius 1 is 1.17 bits per heavy atom. The van der Waals surface area contributed by atoms with Crippen LogP contribution in [0.4, 0.5) is 5.69 Å². The van der Waals surface area contributed by atoms with E-state index in [0.29, 0.717) is 17.8 Å². The molecule has 1 aliphatic heterocycles. The molecule has 0 bridgehead atoms. The number of fused-ring (bicyclic) bond motifs is 1. The lowest BCUT2D eigenvalue weighted by Crippen LogP contribution is -2.36. The van der Waals surface area contributed by atoms with Gasteiger partial charge in [0, 0.05) is 24.2 Å². The standard InChI is InChI=1S/C22H31NO6/c1-4-10-23-16-11-15-6-5-7-17(24)21(27)18(25)9-8-13(2)14(3)29-22(28)20(15)19(26)12-16/h5-6,8-9,11-14,17-18,21,23-27H,4,7,10H2,1-3H3/b6-5+,9-8-/t13-,14?,17?,18?,21?/m1/s1. The summed E-state index contributed by atoms with van der Waals surface area (Å²) in [6.07, 6.45) is 2.81. The number of aliphatic hydroxyl groups excluding tert-OH is 3. The van der Waals surface area contributed by atoms with Crippen LogP contribution in [0.1, 0.15) is 49.5 Å². The van der Waals surface area contributed by atoms with Crippen molar-refractivity contribution in [2.24, 2.45) is 5.92 Å². The SMILES string of the molecule is CCCNc1cc(O)c2c(c1)/C=C/CC(O)C(O)C(O)/C=C\[C@@H](C)C(C)OC2=O. The third-order valence-electron chi connectivity index (χ3n) is 5.00. The molecule has 5 atom stereocenters. The number of carbonyl (C=O) groups is 1. The average molecular weight is 405 g/mol. The molecule has 7 heteroatoms. The lowest BCUT2D eigenvalue weighted by molar-refractivity contribution is -0.0395. The Balaban J connectivity index is 2.46. The quantitative estimate of drug-likeness (QED) is 0.387. The summed E-state index contributed by atoms with van der Waals surface area (Å²) in [6.45, 7) is 6.23. The maximum absolute atomic E-state index is 12.8. The number of aliphatic hydroxyl groups is 3. The van der Waals surface area contributed by atoms with E-state index in [-0.39, 0.29) is 23.7 Å². The smallest absolute Gasteiger partial charge is 0.342 e. The highest BCUT2D eigenvalue weighted by molar-refractivity contribution is 5.97. The van der Waals surface area contributed by atoms with Crippen LogP contribution in [0.5, 0.6) is 5.75 Å². The number of carbonyl (C=O) groups excluding carboxylic acids is 1. The molecule has 7 nitrogen and oxygen atoms in total. The first-order valence-corrected chi connectivity index (χ1v) is 9.95.